The fraction of sp³-hybridized carbons (Fsp3) is 0.600. The minimum absolute atomic E-state index is 0.403. The summed E-state index contributed by atoms with van der Waals surface area (Å²) in [5.74, 6) is 0.403. The zero-order chi connectivity index (χ0) is 9.83. The zero-order valence-corrected chi connectivity index (χ0v) is 7.06. The van der Waals surface area contributed by atoms with Crippen molar-refractivity contribution < 1.29 is 27.2 Å². The molecule has 0 saturated heterocycles. The molecule has 3 nitrogen and oxygen atoms in total. The van der Waals surface area contributed by atoms with E-state index in [1.54, 1.807) is 0 Å². The van der Waals surface area contributed by atoms with Crippen molar-refractivity contribution in [3.8, 4) is 0 Å². The minimum atomic E-state index is -4.38. The summed E-state index contributed by atoms with van der Waals surface area (Å²) in [4.78, 5) is 10.4. The molecule has 0 radical (unpaired) electrons. The predicted octanol–water partition coefficient (Wildman–Crippen LogP) is 1.65. The molecule has 0 heterocycles. The van der Waals surface area contributed by atoms with Gasteiger partial charge in [-0.15, -0.1) is 0 Å². The average Bonchev–Trinajstić information content (AvgIpc) is 1.84. The van der Waals surface area contributed by atoms with Gasteiger partial charge >= 0.3 is 6.18 Å². The number of halogens is 3. The Morgan fingerprint density at radius 1 is 1.58 bits per heavy atom. The molecule has 0 amide bonds. The van der Waals surface area contributed by atoms with E-state index in [-0.39, 0.29) is 0 Å². The van der Waals surface area contributed by atoms with Crippen molar-refractivity contribution in [3.05, 3.63) is 11.9 Å². The molecular formula is C5H7F3O3P-. The molecule has 0 saturated carbocycles. The van der Waals surface area contributed by atoms with E-state index in [4.69, 9.17) is 0 Å². The molecule has 1 atom stereocenters. The maximum atomic E-state index is 11.5. The van der Waals surface area contributed by atoms with Gasteiger partial charge < -0.3 is 14.0 Å². The summed E-state index contributed by atoms with van der Waals surface area (Å²) in [5, 5.41) is 0. The Morgan fingerprint density at radius 3 is 2.42 bits per heavy atom. The number of rotatable bonds is 3. The van der Waals surface area contributed by atoms with Crippen LogP contribution >= 0.6 is 7.60 Å². The van der Waals surface area contributed by atoms with Crippen LogP contribution in [0.25, 0.3) is 0 Å². The van der Waals surface area contributed by atoms with E-state index in [0.29, 0.717) is 11.9 Å². The molecule has 0 aromatic rings. The fourth-order valence-corrected chi connectivity index (χ4v) is 0.862. The number of allylic oxidation sites excluding steroid dienone is 1. The second-order valence-corrected chi connectivity index (χ2v) is 3.67. The van der Waals surface area contributed by atoms with Gasteiger partial charge in [0.05, 0.1) is 6.42 Å². The number of hydrogen-bond acceptors (Lipinski definition) is 3. The topological polar surface area (TPSA) is 49.4 Å². The lowest BCUT2D eigenvalue weighted by Crippen LogP contribution is -2.05. The molecule has 0 aromatic carbocycles. The minimum Gasteiger partial charge on any atom is -0.775 e. The summed E-state index contributed by atoms with van der Waals surface area (Å²) in [7, 11) is -3.31. The van der Waals surface area contributed by atoms with Crippen molar-refractivity contribution in [1.82, 2.24) is 0 Å². The Balaban J connectivity index is 4.02. The highest BCUT2D eigenvalue weighted by molar-refractivity contribution is 7.54. The van der Waals surface area contributed by atoms with Gasteiger partial charge in [0.1, 0.15) is 0 Å². The van der Waals surface area contributed by atoms with E-state index in [9.17, 15) is 22.6 Å². The van der Waals surface area contributed by atoms with Gasteiger partial charge in [-0.3, -0.25) is 0 Å². The van der Waals surface area contributed by atoms with Crippen LogP contribution in [0.3, 0.4) is 0 Å². The largest absolute Gasteiger partial charge is 0.775 e. The third-order valence-corrected chi connectivity index (χ3v) is 1.98. The Kier molecular flexibility index (Phi) is 3.96. The highest BCUT2D eigenvalue weighted by Gasteiger charge is 2.24. The lowest BCUT2D eigenvalue weighted by atomic mass is 10.4. The van der Waals surface area contributed by atoms with E-state index in [0.717, 1.165) is 7.11 Å². The van der Waals surface area contributed by atoms with Crippen LogP contribution in [0.15, 0.2) is 11.9 Å². The summed E-state index contributed by atoms with van der Waals surface area (Å²) in [6, 6.07) is 0. The Bertz CT molecular complexity index is 210. The first-order valence-corrected chi connectivity index (χ1v) is 4.49. The predicted molar refractivity (Wildman–Crippen MR) is 34.4 cm³/mol. The lowest BCUT2D eigenvalue weighted by Gasteiger charge is -2.15. The third-order valence-electron chi connectivity index (χ3n) is 0.892. The Labute approximate surface area is 67.4 Å². The van der Waals surface area contributed by atoms with Crippen molar-refractivity contribution in [3.63, 3.8) is 0 Å². The molecule has 7 heteroatoms. The summed E-state index contributed by atoms with van der Waals surface area (Å²) in [6.45, 7) is 0. The van der Waals surface area contributed by atoms with Gasteiger partial charge in [-0.05, 0) is 5.82 Å². The number of hydrogen-bond donors (Lipinski definition) is 0. The first kappa shape index (κ1) is 11.7. The summed E-state index contributed by atoms with van der Waals surface area (Å²) < 4.78 is 48.7. The summed E-state index contributed by atoms with van der Waals surface area (Å²) in [5.41, 5.74) is 0. The van der Waals surface area contributed by atoms with Gasteiger partial charge in [-0.1, -0.05) is 6.08 Å². The van der Waals surface area contributed by atoms with E-state index in [1.807, 2.05) is 0 Å². The SMILES string of the molecule is COP(=O)([O-])C=CCC(F)(F)F. The molecule has 0 aliphatic carbocycles. The molecule has 0 aliphatic heterocycles. The number of alkyl halides is 3. The zero-order valence-electron chi connectivity index (χ0n) is 6.17. The van der Waals surface area contributed by atoms with Gasteiger partial charge in [0, 0.05) is 7.11 Å². The molecule has 0 aromatic heterocycles. The highest BCUT2D eigenvalue weighted by Crippen LogP contribution is 2.37. The first-order valence-electron chi connectivity index (χ1n) is 2.88. The van der Waals surface area contributed by atoms with Crippen molar-refractivity contribution in [2.45, 2.75) is 12.6 Å². The molecule has 12 heavy (non-hydrogen) atoms. The fourth-order valence-electron chi connectivity index (χ4n) is 0.376. The van der Waals surface area contributed by atoms with Gasteiger partial charge in [-0.25, -0.2) is 0 Å². The van der Waals surface area contributed by atoms with Crippen molar-refractivity contribution in [2.75, 3.05) is 7.11 Å². The van der Waals surface area contributed by atoms with Crippen molar-refractivity contribution in [1.29, 1.82) is 0 Å². The lowest BCUT2D eigenvalue weighted by molar-refractivity contribution is -0.192. The van der Waals surface area contributed by atoms with Crippen LogP contribution in [0, 0.1) is 0 Å². The Hall–Kier alpha value is -0.320. The molecule has 0 spiro atoms. The van der Waals surface area contributed by atoms with Crippen LogP contribution < -0.4 is 4.89 Å². The van der Waals surface area contributed by atoms with Crippen LogP contribution in [0.2, 0.25) is 0 Å². The molecule has 72 valence electrons. The summed E-state index contributed by atoms with van der Waals surface area (Å²) >= 11 is 0. The smallest absolute Gasteiger partial charge is 0.392 e. The van der Waals surface area contributed by atoms with Gasteiger partial charge in [0.15, 0.2) is 7.60 Å². The van der Waals surface area contributed by atoms with Crippen LogP contribution in [-0.4, -0.2) is 13.3 Å². The van der Waals surface area contributed by atoms with E-state index in [1.165, 1.54) is 0 Å². The maximum Gasteiger partial charge on any atom is 0.392 e. The van der Waals surface area contributed by atoms with E-state index in [2.05, 4.69) is 4.52 Å². The molecule has 0 fully saturated rings. The van der Waals surface area contributed by atoms with Crippen molar-refractivity contribution in [2.24, 2.45) is 0 Å². The van der Waals surface area contributed by atoms with Crippen molar-refractivity contribution >= 4 is 7.60 Å². The van der Waals surface area contributed by atoms with Crippen LogP contribution in [0.4, 0.5) is 13.2 Å². The van der Waals surface area contributed by atoms with Crippen LogP contribution in [-0.2, 0) is 9.09 Å². The monoisotopic (exact) mass is 203 g/mol. The second kappa shape index (κ2) is 4.07. The molecule has 1 unspecified atom stereocenters. The van der Waals surface area contributed by atoms with Gasteiger partial charge in [0.2, 0.25) is 0 Å². The van der Waals surface area contributed by atoms with Crippen LogP contribution in [0.1, 0.15) is 6.42 Å². The van der Waals surface area contributed by atoms with Crippen LogP contribution in [0.5, 0.6) is 0 Å². The quantitative estimate of drug-likeness (QED) is 0.655. The molecule has 0 rings (SSSR count). The maximum absolute atomic E-state index is 11.5. The van der Waals surface area contributed by atoms with E-state index >= 15 is 0 Å². The first-order chi connectivity index (χ1) is 5.27. The van der Waals surface area contributed by atoms with Gasteiger partial charge in [0.25, 0.3) is 0 Å². The standard InChI is InChI=1S/C5H8F3O3P/c1-11-12(9,10)4-2-3-5(6,7)8/h2,4H,3H2,1H3,(H,9,10)/p-1. The second-order valence-electron chi connectivity index (χ2n) is 1.93. The average molecular weight is 203 g/mol. The van der Waals surface area contributed by atoms with E-state index < -0.39 is 20.2 Å². The Morgan fingerprint density at radius 2 is 2.08 bits per heavy atom. The molecule has 0 N–H and O–H groups in total. The van der Waals surface area contributed by atoms with Gasteiger partial charge in [-0.2, -0.15) is 13.2 Å². The molecule has 0 bridgehead atoms. The molecule has 0 aliphatic rings. The summed E-state index contributed by atoms with van der Waals surface area (Å²) in [6.07, 6.45) is -5.16. The third kappa shape index (κ3) is 6.39. The highest BCUT2D eigenvalue weighted by atomic mass is 31.2. The normalized spacial score (nSPS) is 18.1. The molecular weight excluding hydrogens is 196 g/mol.